The van der Waals surface area contributed by atoms with Crippen molar-refractivity contribution in [1.29, 1.82) is 0 Å². The number of Topliss-reactive ketones (excluding diaryl/α,β-unsaturated/α-hetero) is 1. The van der Waals surface area contributed by atoms with Gasteiger partial charge in [-0.25, -0.2) is 9.36 Å². The van der Waals surface area contributed by atoms with E-state index in [1.165, 1.54) is 6.92 Å². The Kier molecular flexibility index (Phi) is 37.7. The summed E-state index contributed by atoms with van der Waals surface area (Å²) in [6, 6.07) is 14.4. The molecule has 0 unspecified atom stereocenters. The van der Waals surface area contributed by atoms with E-state index in [1.54, 1.807) is 130 Å². The van der Waals surface area contributed by atoms with Crippen LogP contribution >= 0.6 is 0 Å². The number of ether oxygens (including phenoxy) is 1. The number of hydrogen-bond donors (Lipinski definition) is 2. The van der Waals surface area contributed by atoms with Crippen molar-refractivity contribution in [3.63, 3.8) is 0 Å². The second kappa shape index (κ2) is 51.3. The molecule has 0 spiro atoms. The summed E-state index contributed by atoms with van der Waals surface area (Å²) in [6.07, 6.45) is 37.2. The number of carbonyl (C=O) groups excluding carboxylic acids is 3. The molecule has 2 N–H and O–H groups in total. The maximum absolute atomic E-state index is 12.1. The number of rotatable bonds is 27. The number of ketones is 1. The monoisotopic (exact) mass is 1890 g/mol. The average Bonchev–Trinajstić information content (AvgIpc) is 1.62. The molecule has 1 aliphatic heterocycles. The number of aryl methyl sites for hydroxylation is 19. The van der Waals surface area contributed by atoms with Crippen molar-refractivity contribution in [1.82, 2.24) is 251 Å². The number of nitrogens with one attached hydrogen (secondary N) is 2. The Hall–Kier alpha value is -17.0. The molecule has 0 radical (unpaired) electrons. The zero-order valence-electron chi connectivity index (χ0n) is 80.5. The molecule has 54 nitrogen and oxygen atoms in total. The number of fused-ring (bicyclic) bond motifs is 3. The second-order valence-corrected chi connectivity index (χ2v) is 31.3. The molecule has 1 aliphatic rings. The lowest BCUT2D eigenvalue weighted by atomic mass is 10.1. The lowest BCUT2D eigenvalue weighted by Crippen LogP contribution is -2.24. The van der Waals surface area contributed by atoms with E-state index in [4.69, 9.17) is 4.74 Å². The summed E-state index contributed by atoms with van der Waals surface area (Å²) in [4.78, 5) is 34.8. The van der Waals surface area contributed by atoms with Gasteiger partial charge in [-0.3, -0.25) is 79.9 Å². The van der Waals surface area contributed by atoms with Gasteiger partial charge in [0.25, 0.3) is 11.8 Å². The molecule has 16 aromatic heterocycles. The van der Waals surface area contributed by atoms with Crippen LogP contribution in [0.2, 0.25) is 0 Å². The van der Waals surface area contributed by atoms with E-state index in [9.17, 15) is 14.4 Å². The number of benzene rings is 2. The van der Waals surface area contributed by atoms with Crippen LogP contribution in [0, 0.1) is 0 Å². The molecule has 54 heteroatoms. The number of amides is 2. The van der Waals surface area contributed by atoms with Crippen LogP contribution < -0.4 is 10.6 Å². The zero-order valence-corrected chi connectivity index (χ0v) is 80.5. The van der Waals surface area contributed by atoms with Gasteiger partial charge < -0.3 is 15.4 Å². The fourth-order valence-electron chi connectivity index (χ4n) is 12.8. The highest BCUT2D eigenvalue weighted by molar-refractivity contribution is 5.97. The summed E-state index contributed by atoms with van der Waals surface area (Å²) >= 11 is 0. The van der Waals surface area contributed by atoms with Crippen LogP contribution in [0.5, 0.6) is 0 Å². The number of nitrogens with zero attached hydrogens (tertiary/aromatic N) is 48. The van der Waals surface area contributed by atoms with E-state index < -0.39 is 0 Å². The summed E-state index contributed by atoms with van der Waals surface area (Å²) in [7, 11) is 21.9. The third-order valence-electron chi connectivity index (χ3n) is 19.3. The van der Waals surface area contributed by atoms with Gasteiger partial charge in [0.1, 0.15) is 51.3 Å². The molecule has 724 valence electrons. The van der Waals surface area contributed by atoms with Gasteiger partial charge in [-0.1, -0.05) is 135 Å². The molecule has 18 aromatic rings. The van der Waals surface area contributed by atoms with Crippen LogP contribution in [0.1, 0.15) is 148 Å². The van der Waals surface area contributed by atoms with Crippen molar-refractivity contribution < 1.29 is 19.1 Å². The van der Waals surface area contributed by atoms with E-state index in [0.29, 0.717) is 55.0 Å². The standard InChI is InChI=1S/C16H18N8O2.C12H12N6.C11H16N6.C10H14N6.C9H14N6.C8H12N6O.C7H10N6.C6H9N3O.C5H9N3/c1-23-9-13(19-21-23)7-17-15(25)11-3-5-12(6-4-11)16(26)18-8-14-10-24(2)22-20-14;1-17-7-11(13-15-17)9-4-3-5-10(6-9)12-8-18(2)16-14-12;1-3-8-10-11-9(4-2)13-15-17(11)7-5-6-16(10)14-12-8;1-15-7-9(11-13-15)5-3-4-6-10-8-16(2)14-12-10;1-3-14-6-8(10-12-14)5-9-7-15(4-2)13-11-9;1-13-3-7(9-11-13)5-15-6-8-4-14(2)12-10-8;1-12-4-6(8-10-12)3-7-5-13(2)11-9-7;1-5(10)3-6-4-9(2)8-7-6;1-3-5-4-8(2)7-6-5/h3-6,9-10H,7-8H2,1-2H3,(H,17,25)(H,18,26);3-8H,1-2H3;3-7H2,1-2H3;3-4,7-8H,5-6H2,1-2H3;6-7H,3-5H2,1-2H3;3-4H,5-6H2,1-2H3;4-5H,3H2,1-2H3;4H,3H2,1-2H3;4H,3H2,1-2H3/b;;;4-3-;;;;;. The maximum atomic E-state index is 12.1. The van der Waals surface area contributed by atoms with Crippen molar-refractivity contribution in [3.05, 3.63) is 238 Å². The van der Waals surface area contributed by atoms with Crippen LogP contribution in [0.3, 0.4) is 0 Å². The number of carbonyl (C=O) groups is 3. The molecule has 17 heterocycles. The van der Waals surface area contributed by atoms with Crippen molar-refractivity contribution in [3.8, 4) is 33.9 Å². The number of aromatic nitrogens is 48. The van der Waals surface area contributed by atoms with Crippen LogP contribution in [-0.2, 0) is 198 Å². The topological polar surface area (TPSA) is 576 Å². The zero-order chi connectivity index (χ0) is 98.4. The third kappa shape index (κ3) is 32.4. The second-order valence-electron chi connectivity index (χ2n) is 31.3. The Morgan fingerprint density at radius 2 is 0.630 bits per heavy atom. The van der Waals surface area contributed by atoms with Crippen molar-refractivity contribution in [2.45, 2.75) is 152 Å². The first kappa shape index (κ1) is 102. The van der Waals surface area contributed by atoms with E-state index in [2.05, 4.69) is 209 Å². The van der Waals surface area contributed by atoms with Gasteiger partial charge in [-0.05, 0) is 76.8 Å². The van der Waals surface area contributed by atoms with Gasteiger partial charge in [0, 0.05) is 221 Å². The number of allylic oxidation sites excluding steroid dienone is 2. The Balaban J connectivity index is 0.000000151. The Labute approximate surface area is 792 Å². The maximum Gasteiger partial charge on any atom is 0.251 e. The van der Waals surface area contributed by atoms with E-state index in [0.717, 1.165) is 167 Å². The molecule has 0 fully saturated rings. The Morgan fingerprint density at radius 1 is 0.326 bits per heavy atom. The van der Waals surface area contributed by atoms with Crippen molar-refractivity contribution in [2.24, 2.45) is 84.6 Å². The van der Waals surface area contributed by atoms with Crippen LogP contribution in [0.25, 0.3) is 33.9 Å². The van der Waals surface area contributed by atoms with Crippen LogP contribution in [-0.4, -0.2) is 257 Å². The summed E-state index contributed by atoms with van der Waals surface area (Å²) in [5, 5.41) is 132. The van der Waals surface area contributed by atoms with Gasteiger partial charge in [-0.2, -0.15) is 0 Å². The average molecular weight is 1890 g/mol. The number of hydrogen-bond acceptors (Lipinski definition) is 36. The highest BCUT2D eigenvalue weighted by Crippen LogP contribution is 2.29. The molecular weight excluding hydrogens is 1770 g/mol. The minimum atomic E-state index is -0.248. The molecule has 2 aromatic carbocycles. The largest absolute Gasteiger partial charge is 0.369 e. The van der Waals surface area contributed by atoms with Gasteiger partial charge >= 0.3 is 0 Å². The van der Waals surface area contributed by atoms with E-state index in [1.807, 2.05) is 179 Å². The Morgan fingerprint density at radius 3 is 0.928 bits per heavy atom. The smallest absolute Gasteiger partial charge is 0.251 e. The van der Waals surface area contributed by atoms with Gasteiger partial charge in [0.05, 0.1) is 114 Å². The molecule has 0 atom stereocenters. The highest BCUT2D eigenvalue weighted by atomic mass is 16.5. The summed E-state index contributed by atoms with van der Waals surface area (Å²) in [5.41, 5.74) is 19.3. The minimum Gasteiger partial charge on any atom is -0.369 e. The lowest BCUT2D eigenvalue weighted by Gasteiger charge is -2.06. The quantitative estimate of drug-likeness (QED) is 0.0698. The Bertz CT molecular complexity index is 6400. The third-order valence-corrected chi connectivity index (χ3v) is 19.3. The summed E-state index contributed by atoms with van der Waals surface area (Å²) in [5.74, 6) is -0.384. The van der Waals surface area contributed by atoms with Crippen molar-refractivity contribution >= 4 is 17.6 Å². The fourth-order valence-corrected chi connectivity index (χ4v) is 12.8. The molecule has 0 bridgehead atoms. The predicted molar refractivity (Wildman–Crippen MR) is 493 cm³/mol. The van der Waals surface area contributed by atoms with Crippen LogP contribution in [0.4, 0.5) is 0 Å². The van der Waals surface area contributed by atoms with Crippen molar-refractivity contribution in [2.75, 3.05) is 0 Å². The normalized spacial score (nSPS) is 11.1. The SMILES string of the molecule is CC(=O)Cc1cn(C)nn1.CCc1cn(C)nn1.CCc1nnn2c1-c1c(CC)nnn1CCC2.CCn1cc(Cc2cn(CC)nn2)nn1.Cn1cc(-c2cccc(-c3cn(C)nn3)c2)nn1.Cn1cc(C/C=C\Cc2cn(C)nn2)nn1.Cn1cc(CNC(=O)c2ccc(C(=O)NCc3cn(C)nn3)cc2)nn1.Cn1cc(COCc2cn(C)nn2)nn1.Cn1cc(Cc2cn(C)nn2)nn1. The fraction of sp³-hybridized carbons (Fsp3) is 0.417. The minimum absolute atomic E-state index is 0.112. The summed E-state index contributed by atoms with van der Waals surface area (Å²) in [6.45, 7) is 16.8. The summed E-state index contributed by atoms with van der Waals surface area (Å²) < 4.78 is 32.8. The highest BCUT2D eigenvalue weighted by Gasteiger charge is 2.25. The molecular formula is C84H114N50O4. The molecule has 0 saturated carbocycles. The van der Waals surface area contributed by atoms with Gasteiger partial charge in [0.15, 0.2) is 0 Å². The molecule has 0 aliphatic carbocycles. The van der Waals surface area contributed by atoms with Crippen LogP contribution in [0.15, 0.2) is 147 Å². The lowest BCUT2D eigenvalue weighted by molar-refractivity contribution is -0.116. The molecule has 19 rings (SSSR count). The first-order valence-electron chi connectivity index (χ1n) is 44.0. The first-order chi connectivity index (χ1) is 66.6. The predicted octanol–water partition coefficient (Wildman–Crippen LogP) is 2.45. The van der Waals surface area contributed by atoms with E-state index >= 15 is 0 Å². The molecule has 0 saturated heterocycles. The van der Waals surface area contributed by atoms with Gasteiger partial charge in [0.2, 0.25) is 0 Å². The molecule has 138 heavy (non-hydrogen) atoms. The first-order valence-corrected chi connectivity index (χ1v) is 44.0. The molecule has 2 amide bonds. The van der Waals surface area contributed by atoms with Gasteiger partial charge in [-0.15, -0.1) is 81.6 Å². The van der Waals surface area contributed by atoms with E-state index in [-0.39, 0.29) is 30.7 Å².